The molecule has 0 fully saturated rings. The van der Waals surface area contributed by atoms with Gasteiger partial charge in [-0.2, -0.15) is 0 Å². The minimum absolute atomic E-state index is 0.742. The average molecular weight is 567 g/mol. The van der Waals surface area contributed by atoms with Crippen molar-refractivity contribution in [3.8, 4) is 44.5 Å². The van der Waals surface area contributed by atoms with Crippen molar-refractivity contribution >= 4 is 43.9 Å². The smallest absolute Gasteiger partial charge is 0.0412 e. The Morgan fingerprint density at radius 3 is 1.19 bits per heavy atom. The Labute approximate surface area is 256 Å². The van der Waals surface area contributed by atoms with Crippen LogP contribution in [-0.2, 0) is 0 Å². The highest BCUT2D eigenvalue weighted by Gasteiger charge is 2.15. The third-order valence-corrected chi connectivity index (χ3v) is 8.78. The third-order valence-electron chi connectivity index (χ3n) is 8.54. The third kappa shape index (κ3) is 4.57. The Morgan fingerprint density at radius 1 is 0.256 bits per heavy atom. The normalized spacial score (nSPS) is 11.4. The standard InChI is InChI=1S/C42H27Cl/c43-34-23-24-37-40(25-34)39(33-21-17-31(18-22-33)29-11-5-2-6-12-29)27-41-36-14-8-7-13-35(36)38(26-42(37)41)32-19-15-30(16-20-32)28-9-3-1-4-10-28/h1-27H. The van der Waals surface area contributed by atoms with E-state index in [4.69, 9.17) is 11.6 Å². The molecular formula is C42H27Cl. The van der Waals surface area contributed by atoms with Crippen LogP contribution in [0, 0.1) is 0 Å². The largest absolute Gasteiger partial charge is 0.0843 e. The van der Waals surface area contributed by atoms with E-state index in [1.165, 1.54) is 71.4 Å². The summed E-state index contributed by atoms with van der Waals surface area (Å²) < 4.78 is 0. The van der Waals surface area contributed by atoms with Crippen LogP contribution >= 0.6 is 11.6 Å². The van der Waals surface area contributed by atoms with E-state index in [0.717, 1.165) is 10.4 Å². The first-order valence-electron chi connectivity index (χ1n) is 14.6. The fraction of sp³-hybridized carbons (Fsp3) is 0. The quantitative estimate of drug-likeness (QED) is 0.186. The molecule has 8 aromatic rings. The first kappa shape index (κ1) is 25.5. The fourth-order valence-corrected chi connectivity index (χ4v) is 6.57. The van der Waals surface area contributed by atoms with Crippen LogP contribution in [0.4, 0.5) is 0 Å². The van der Waals surface area contributed by atoms with Crippen molar-refractivity contribution in [3.05, 3.63) is 169 Å². The molecule has 0 bridgehead atoms. The van der Waals surface area contributed by atoms with E-state index < -0.39 is 0 Å². The lowest BCUT2D eigenvalue weighted by Gasteiger charge is -2.17. The van der Waals surface area contributed by atoms with E-state index in [0.29, 0.717) is 0 Å². The van der Waals surface area contributed by atoms with Gasteiger partial charge in [0.1, 0.15) is 0 Å². The summed E-state index contributed by atoms with van der Waals surface area (Å²) in [5.41, 5.74) is 9.69. The van der Waals surface area contributed by atoms with Gasteiger partial charge in [-0.05, 0) is 101 Å². The van der Waals surface area contributed by atoms with Crippen LogP contribution in [0.1, 0.15) is 0 Å². The van der Waals surface area contributed by atoms with E-state index in [9.17, 15) is 0 Å². The monoisotopic (exact) mass is 566 g/mol. The molecule has 0 atom stereocenters. The average Bonchev–Trinajstić information content (AvgIpc) is 3.08. The van der Waals surface area contributed by atoms with Crippen LogP contribution in [0.25, 0.3) is 76.8 Å². The molecule has 0 heterocycles. The Bertz CT molecular complexity index is 2250. The molecule has 0 aromatic heterocycles. The van der Waals surface area contributed by atoms with Gasteiger partial charge in [0.25, 0.3) is 0 Å². The van der Waals surface area contributed by atoms with Crippen LogP contribution in [-0.4, -0.2) is 0 Å². The summed E-state index contributed by atoms with van der Waals surface area (Å²) in [5, 5.41) is 8.09. The molecule has 0 N–H and O–H groups in total. The molecule has 0 unspecified atom stereocenters. The predicted octanol–water partition coefficient (Wildman–Crippen LogP) is 12.5. The first-order chi connectivity index (χ1) is 21.2. The van der Waals surface area contributed by atoms with Gasteiger partial charge in [0.15, 0.2) is 0 Å². The second kappa shape index (κ2) is 10.6. The molecule has 0 saturated carbocycles. The van der Waals surface area contributed by atoms with E-state index in [2.05, 4.69) is 158 Å². The van der Waals surface area contributed by atoms with Crippen LogP contribution in [0.3, 0.4) is 0 Å². The van der Waals surface area contributed by atoms with Crippen LogP contribution < -0.4 is 0 Å². The molecule has 0 spiro atoms. The van der Waals surface area contributed by atoms with E-state index in [-0.39, 0.29) is 0 Å². The summed E-state index contributed by atoms with van der Waals surface area (Å²) >= 11 is 6.62. The molecule has 8 rings (SSSR count). The van der Waals surface area contributed by atoms with Gasteiger partial charge in [-0.25, -0.2) is 0 Å². The zero-order chi connectivity index (χ0) is 28.8. The number of hydrogen-bond acceptors (Lipinski definition) is 0. The van der Waals surface area contributed by atoms with Gasteiger partial charge in [0, 0.05) is 5.02 Å². The Balaban J connectivity index is 1.34. The van der Waals surface area contributed by atoms with Crippen molar-refractivity contribution in [1.82, 2.24) is 0 Å². The van der Waals surface area contributed by atoms with Crippen molar-refractivity contribution < 1.29 is 0 Å². The predicted molar refractivity (Wildman–Crippen MR) is 186 cm³/mol. The summed E-state index contributed by atoms with van der Waals surface area (Å²) in [5.74, 6) is 0. The second-order valence-electron chi connectivity index (χ2n) is 11.1. The summed E-state index contributed by atoms with van der Waals surface area (Å²) in [7, 11) is 0. The van der Waals surface area contributed by atoms with Gasteiger partial charge >= 0.3 is 0 Å². The van der Waals surface area contributed by atoms with Crippen molar-refractivity contribution in [2.24, 2.45) is 0 Å². The summed E-state index contributed by atoms with van der Waals surface area (Å²) in [6.07, 6.45) is 0. The fourth-order valence-electron chi connectivity index (χ4n) is 6.40. The van der Waals surface area contributed by atoms with Crippen molar-refractivity contribution in [3.63, 3.8) is 0 Å². The molecule has 0 radical (unpaired) electrons. The lowest BCUT2D eigenvalue weighted by atomic mass is 9.87. The maximum Gasteiger partial charge on any atom is 0.0412 e. The maximum atomic E-state index is 6.62. The first-order valence-corrected chi connectivity index (χ1v) is 15.0. The van der Waals surface area contributed by atoms with E-state index >= 15 is 0 Å². The molecule has 0 amide bonds. The van der Waals surface area contributed by atoms with Crippen molar-refractivity contribution in [1.29, 1.82) is 0 Å². The molecule has 1 heteroatoms. The zero-order valence-corrected chi connectivity index (χ0v) is 24.2. The zero-order valence-electron chi connectivity index (χ0n) is 23.5. The minimum atomic E-state index is 0.742. The van der Waals surface area contributed by atoms with E-state index in [1.54, 1.807) is 0 Å². The molecule has 43 heavy (non-hydrogen) atoms. The summed E-state index contributed by atoms with van der Waals surface area (Å²) in [6, 6.07) is 58.7. The highest BCUT2D eigenvalue weighted by molar-refractivity contribution is 6.32. The van der Waals surface area contributed by atoms with Gasteiger partial charge in [-0.15, -0.1) is 0 Å². The molecule has 202 valence electrons. The number of halogens is 1. The summed E-state index contributed by atoms with van der Waals surface area (Å²) in [6.45, 7) is 0. The Morgan fingerprint density at radius 2 is 0.651 bits per heavy atom. The minimum Gasteiger partial charge on any atom is -0.0843 e. The van der Waals surface area contributed by atoms with Gasteiger partial charge in [-0.1, -0.05) is 151 Å². The molecule has 0 aliphatic carbocycles. The molecule has 0 aliphatic heterocycles. The number of benzene rings is 8. The number of hydrogen-bond donors (Lipinski definition) is 0. The molecular weight excluding hydrogens is 540 g/mol. The lowest BCUT2D eigenvalue weighted by Crippen LogP contribution is -1.89. The van der Waals surface area contributed by atoms with Crippen LogP contribution in [0.2, 0.25) is 5.02 Å². The Kier molecular flexibility index (Phi) is 6.29. The van der Waals surface area contributed by atoms with Crippen molar-refractivity contribution in [2.75, 3.05) is 0 Å². The van der Waals surface area contributed by atoms with Crippen LogP contribution in [0.15, 0.2) is 164 Å². The van der Waals surface area contributed by atoms with Crippen LogP contribution in [0.5, 0.6) is 0 Å². The highest BCUT2D eigenvalue weighted by atomic mass is 35.5. The number of fused-ring (bicyclic) bond motifs is 5. The van der Waals surface area contributed by atoms with Gasteiger partial charge < -0.3 is 0 Å². The number of rotatable bonds is 4. The Hall–Kier alpha value is -5.17. The molecule has 0 nitrogen and oxygen atoms in total. The molecule has 8 aromatic carbocycles. The highest BCUT2D eigenvalue weighted by Crippen LogP contribution is 2.43. The topological polar surface area (TPSA) is 0 Å². The SMILES string of the molecule is Clc1ccc2c(c1)c(-c1ccc(-c3ccccc3)cc1)cc1c3ccccc3c(-c3ccc(-c4ccccc4)cc3)cc21. The molecule has 0 saturated heterocycles. The summed E-state index contributed by atoms with van der Waals surface area (Å²) in [4.78, 5) is 0. The molecule has 0 aliphatic rings. The lowest BCUT2D eigenvalue weighted by molar-refractivity contribution is 1.60. The van der Waals surface area contributed by atoms with Gasteiger partial charge in [0.05, 0.1) is 0 Å². The van der Waals surface area contributed by atoms with Gasteiger partial charge in [-0.3, -0.25) is 0 Å². The van der Waals surface area contributed by atoms with Gasteiger partial charge in [0.2, 0.25) is 0 Å². The van der Waals surface area contributed by atoms with Crippen molar-refractivity contribution in [2.45, 2.75) is 0 Å². The maximum absolute atomic E-state index is 6.62. The second-order valence-corrected chi connectivity index (χ2v) is 11.5. The van der Waals surface area contributed by atoms with E-state index in [1.807, 2.05) is 6.07 Å².